The summed E-state index contributed by atoms with van der Waals surface area (Å²) < 4.78 is 22.0. The van der Waals surface area contributed by atoms with Crippen LogP contribution in [0, 0.1) is 0 Å². The summed E-state index contributed by atoms with van der Waals surface area (Å²) >= 11 is 3.91. The largest absolute Gasteiger partial charge is 0.493 e. The second kappa shape index (κ2) is 9.98. The lowest BCUT2D eigenvalue weighted by atomic mass is 10.1. The van der Waals surface area contributed by atoms with Crippen molar-refractivity contribution >= 4 is 29.5 Å². The van der Waals surface area contributed by atoms with Crippen LogP contribution < -0.4 is 18.9 Å². The maximum absolute atomic E-state index is 12.2. The predicted molar refractivity (Wildman–Crippen MR) is 114 cm³/mol. The quantitative estimate of drug-likeness (QED) is 0.452. The molecule has 0 aromatic heterocycles. The van der Waals surface area contributed by atoms with E-state index in [-0.39, 0.29) is 12.4 Å². The minimum Gasteiger partial charge on any atom is -0.493 e. The third kappa shape index (κ3) is 5.08. The van der Waals surface area contributed by atoms with E-state index < -0.39 is 0 Å². The molecule has 150 valence electrons. The molecule has 2 aromatic rings. The molecule has 0 unspecified atom stereocenters. The molecule has 0 N–H and O–H groups in total. The van der Waals surface area contributed by atoms with E-state index in [0.717, 1.165) is 5.56 Å². The minimum atomic E-state index is -0.272. The Hall–Kier alpha value is -1.99. The van der Waals surface area contributed by atoms with Crippen molar-refractivity contribution in [2.45, 2.75) is 17.4 Å². The molecule has 0 aliphatic carbocycles. The van der Waals surface area contributed by atoms with Crippen LogP contribution in [0.2, 0.25) is 0 Å². The van der Waals surface area contributed by atoms with E-state index in [1.54, 1.807) is 21.3 Å². The fourth-order valence-corrected chi connectivity index (χ4v) is 5.81. The number of carbonyl (C=O) groups is 1. The molecule has 3 rings (SSSR count). The first kappa shape index (κ1) is 20.7. The van der Waals surface area contributed by atoms with Crippen molar-refractivity contribution in [2.75, 3.05) is 32.8 Å². The Morgan fingerprint density at radius 1 is 0.964 bits per heavy atom. The molecule has 0 spiro atoms. The molecular weight excluding hydrogens is 396 g/mol. The lowest BCUT2D eigenvalue weighted by Gasteiger charge is -2.14. The Kier molecular flexibility index (Phi) is 7.39. The zero-order valence-electron chi connectivity index (χ0n) is 16.2. The Morgan fingerprint density at radius 3 is 2.11 bits per heavy atom. The van der Waals surface area contributed by atoms with E-state index in [9.17, 15) is 4.79 Å². The van der Waals surface area contributed by atoms with Gasteiger partial charge in [-0.2, -0.15) is 0 Å². The summed E-state index contributed by atoms with van der Waals surface area (Å²) in [5.41, 5.74) is 2.18. The van der Waals surface area contributed by atoms with Gasteiger partial charge in [-0.1, -0.05) is 12.1 Å². The maximum Gasteiger partial charge on any atom is 0.311 e. The van der Waals surface area contributed by atoms with Gasteiger partial charge >= 0.3 is 5.97 Å². The van der Waals surface area contributed by atoms with Gasteiger partial charge in [-0.3, -0.25) is 4.79 Å². The fraction of sp³-hybridized carbons (Fsp3) is 0.381. The molecule has 5 nitrogen and oxygen atoms in total. The van der Waals surface area contributed by atoms with Gasteiger partial charge in [-0.25, -0.2) is 0 Å². The van der Waals surface area contributed by atoms with Crippen LogP contribution in [0.15, 0.2) is 36.4 Å². The van der Waals surface area contributed by atoms with Gasteiger partial charge in [0, 0.05) is 17.9 Å². The van der Waals surface area contributed by atoms with E-state index in [1.807, 2.05) is 59.9 Å². The van der Waals surface area contributed by atoms with E-state index >= 15 is 0 Å². The fourth-order valence-electron chi connectivity index (χ4n) is 2.95. The summed E-state index contributed by atoms with van der Waals surface area (Å²) in [4.78, 5) is 12.2. The molecule has 1 saturated heterocycles. The first-order valence-electron chi connectivity index (χ1n) is 8.97. The summed E-state index contributed by atoms with van der Waals surface area (Å²) in [6, 6.07) is 11.5. The smallest absolute Gasteiger partial charge is 0.311 e. The first-order chi connectivity index (χ1) is 13.6. The Labute approximate surface area is 174 Å². The standard InChI is InChI=1S/C21H24O5S2/c1-23-17-12-14(13-18(24-2)20(17)25-3)4-9-19(22)26-16-7-5-15(6-8-16)21-27-10-11-28-21/h5-8,12-13,21H,4,9-11H2,1-3H3. The number of hydrogen-bond donors (Lipinski definition) is 0. The zero-order chi connectivity index (χ0) is 19.9. The third-order valence-corrected chi connectivity index (χ3v) is 7.45. The highest BCUT2D eigenvalue weighted by atomic mass is 32.2. The average Bonchev–Trinajstić information content (AvgIpc) is 3.26. The third-order valence-electron chi connectivity index (χ3n) is 4.35. The van der Waals surface area contributed by atoms with Crippen molar-refractivity contribution in [1.29, 1.82) is 0 Å². The van der Waals surface area contributed by atoms with Gasteiger partial charge < -0.3 is 18.9 Å². The monoisotopic (exact) mass is 420 g/mol. The number of aryl methyl sites for hydroxylation is 1. The van der Waals surface area contributed by atoms with Gasteiger partial charge in [0.25, 0.3) is 0 Å². The van der Waals surface area contributed by atoms with Crippen molar-refractivity contribution in [3.8, 4) is 23.0 Å². The molecule has 0 amide bonds. The second-order valence-electron chi connectivity index (χ2n) is 6.15. The lowest BCUT2D eigenvalue weighted by molar-refractivity contribution is -0.134. The van der Waals surface area contributed by atoms with Crippen LogP contribution in [0.25, 0.3) is 0 Å². The lowest BCUT2D eigenvalue weighted by Crippen LogP contribution is -2.09. The molecule has 2 aromatic carbocycles. The number of benzene rings is 2. The van der Waals surface area contributed by atoms with E-state index in [4.69, 9.17) is 18.9 Å². The van der Waals surface area contributed by atoms with Crippen molar-refractivity contribution in [1.82, 2.24) is 0 Å². The molecule has 0 saturated carbocycles. The van der Waals surface area contributed by atoms with Gasteiger partial charge in [0.05, 0.1) is 25.9 Å². The normalized spacial score (nSPS) is 14.0. The summed E-state index contributed by atoms with van der Waals surface area (Å²) in [5.74, 6) is 4.36. The van der Waals surface area contributed by atoms with Gasteiger partial charge in [0.15, 0.2) is 11.5 Å². The van der Waals surface area contributed by atoms with Crippen molar-refractivity contribution in [2.24, 2.45) is 0 Å². The highest BCUT2D eigenvalue weighted by Crippen LogP contribution is 2.45. The van der Waals surface area contributed by atoms with Crippen LogP contribution in [-0.2, 0) is 11.2 Å². The molecule has 1 fully saturated rings. The van der Waals surface area contributed by atoms with Crippen LogP contribution in [0.1, 0.15) is 22.1 Å². The molecule has 1 aliphatic rings. The molecule has 1 aliphatic heterocycles. The number of methoxy groups -OCH3 is 3. The average molecular weight is 421 g/mol. The predicted octanol–water partition coefficient (Wildman–Crippen LogP) is 4.73. The number of carbonyl (C=O) groups excluding carboxylic acids is 1. The molecule has 0 radical (unpaired) electrons. The molecule has 0 atom stereocenters. The van der Waals surface area contributed by atoms with Crippen molar-refractivity contribution in [3.05, 3.63) is 47.5 Å². The van der Waals surface area contributed by atoms with Crippen LogP contribution in [-0.4, -0.2) is 38.8 Å². The summed E-state index contributed by atoms with van der Waals surface area (Å²) in [6.45, 7) is 0. The summed E-state index contributed by atoms with van der Waals surface area (Å²) in [7, 11) is 4.70. The Morgan fingerprint density at radius 2 is 1.57 bits per heavy atom. The van der Waals surface area contributed by atoms with E-state index in [0.29, 0.717) is 34.0 Å². The van der Waals surface area contributed by atoms with Crippen LogP contribution >= 0.6 is 23.5 Å². The topological polar surface area (TPSA) is 54.0 Å². The van der Waals surface area contributed by atoms with Crippen LogP contribution in [0.3, 0.4) is 0 Å². The number of esters is 1. The van der Waals surface area contributed by atoms with Gasteiger partial charge in [0.2, 0.25) is 5.75 Å². The van der Waals surface area contributed by atoms with E-state index in [1.165, 1.54) is 17.1 Å². The zero-order valence-corrected chi connectivity index (χ0v) is 17.9. The minimum absolute atomic E-state index is 0.259. The molecule has 1 heterocycles. The molecule has 28 heavy (non-hydrogen) atoms. The maximum atomic E-state index is 12.2. The Bertz CT molecular complexity index is 776. The Balaban J connectivity index is 1.58. The summed E-state index contributed by atoms with van der Waals surface area (Å²) in [5, 5.41) is 0. The van der Waals surface area contributed by atoms with Crippen LogP contribution in [0.5, 0.6) is 23.0 Å². The van der Waals surface area contributed by atoms with Crippen molar-refractivity contribution < 1.29 is 23.7 Å². The van der Waals surface area contributed by atoms with E-state index in [2.05, 4.69) is 0 Å². The SMILES string of the molecule is COc1cc(CCC(=O)Oc2ccc(C3SCCS3)cc2)cc(OC)c1OC. The number of thioether (sulfide) groups is 2. The number of hydrogen-bond acceptors (Lipinski definition) is 7. The molecule has 7 heteroatoms. The van der Waals surface area contributed by atoms with Gasteiger partial charge in [-0.05, 0) is 41.8 Å². The first-order valence-corrected chi connectivity index (χ1v) is 11.1. The highest BCUT2D eigenvalue weighted by Gasteiger charge is 2.18. The van der Waals surface area contributed by atoms with Crippen LogP contribution in [0.4, 0.5) is 0 Å². The molecular formula is C21H24O5S2. The van der Waals surface area contributed by atoms with Gasteiger partial charge in [-0.15, -0.1) is 23.5 Å². The number of rotatable bonds is 8. The van der Waals surface area contributed by atoms with Crippen molar-refractivity contribution in [3.63, 3.8) is 0 Å². The summed E-state index contributed by atoms with van der Waals surface area (Å²) in [6.07, 6.45) is 0.775. The highest BCUT2D eigenvalue weighted by molar-refractivity contribution is 8.19. The molecule has 0 bridgehead atoms. The second-order valence-corrected chi connectivity index (χ2v) is 8.87. The van der Waals surface area contributed by atoms with Gasteiger partial charge in [0.1, 0.15) is 5.75 Å². The number of ether oxygens (including phenoxy) is 4.